The van der Waals surface area contributed by atoms with Crippen molar-refractivity contribution in [1.29, 1.82) is 0 Å². The monoisotopic (exact) mass is 496 g/mol. The number of hydrogen-bond donors (Lipinski definition) is 1. The van der Waals surface area contributed by atoms with Gasteiger partial charge in [-0.3, -0.25) is 14.4 Å². The van der Waals surface area contributed by atoms with Crippen LogP contribution in [0, 0.1) is 29.1 Å². The molecule has 2 atom stereocenters. The van der Waals surface area contributed by atoms with E-state index in [-0.39, 0.29) is 42.6 Å². The maximum atomic E-state index is 13.7. The van der Waals surface area contributed by atoms with Crippen molar-refractivity contribution < 1.29 is 28.6 Å². The third-order valence-electron chi connectivity index (χ3n) is 7.09. The van der Waals surface area contributed by atoms with Crippen molar-refractivity contribution in [2.75, 3.05) is 34.4 Å². The number of methoxy groups -OCH3 is 3. The highest BCUT2D eigenvalue weighted by molar-refractivity contribution is 5.92. The number of benzene rings is 1. The molecule has 1 aromatic carbocycles. The third kappa shape index (κ3) is 5.51. The molecular formula is C28H36N2O6. The summed E-state index contributed by atoms with van der Waals surface area (Å²) in [7, 11) is 4.52. The van der Waals surface area contributed by atoms with Crippen LogP contribution in [0.4, 0.5) is 0 Å². The molecule has 0 unspecified atom stereocenters. The number of allylic oxidation sites excluding steroid dienone is 1. The molecule has 0 spiro atoms. The Hall–Kier alpha value is -3.47. The number of likely N-dealkylation sites (tertiary alicyclic amines) is 1. The highest BCUT2D eigenvalue weighted by atomic mass is 16.5. The van der Waals surface area contributed by atoms with E-state index in [9.17, 15) is 14.4 Å². The zero-order valence-electron chi connectivity index (χ0n) is 21.8. The molecule has 1 saturated heterocycles. The first kappa shape index (κ1) is 27.1. The van der Waals surface area contributed by atoms with E-state index in [1.165, 1.54) is 7.11 Å². The summed E-state index contributed by atoms with van der Waals surface area (Å²) in [5.74, 6) is 2.07. The molecule has 8 nitrogen and oxygen atoms in total. The van der Waals surface area contributed by atoms with Crippen LogP contribution >= 0.6 is 0 Å². The Balaban J connectivity index is 1.97. The molecule has 0 bridgehead atoms. The van der Waals surface area contributed by atoms with Crippen molar-refractivity contribution in [2.24, 2.45) is 16.7 Å². The van der Waals surface area contributed by atoms with Crippen molar-refractivity contribution in [3.8, 4) is 23.8 Å². The molecule has 1 aromatic rings. The smallest absolute Gasteiger partial charge is 0.317 e. The maximum Gasteiger partial charge on any atom is 0.317 e. The van der Waals surface area contributed by atoms with E-state index in [1.807, 2.05) is 24.3 Å². The Morgan fingerprint density at radius 2 is 1.92 bits per heavy atom. The van der Waals surface area contributed by atoms with Crippen LogP contribution in [0.5, 0.6) is 11.5 Å². The maximum absolute atomic E-state index is 13.7. The molecule has 8 heteroatoms. The van der Waals surface area contributed by atoms with E-state index in [0.717, 1.165) is 12.0 Å². The summed E-state index contributed by atoms with van der Waals surface area (Å²) in [4.78, 5) is 41.3. The van der Waals surface area contributed by atoms with E-state index in [4.69, 9.17) is 20.6 Å². The van der Waals surface area contributed by atoms with E-state index < -0.39 is 11.3 Å². The minimum atomic E-state index is -1.00. The van der Waals surface area contributed by atoms with Crippen LogP contribution in [0.15, 0.2) is 30.0 Å². The molecule has 0 saturated carbocycles. The number of carbonyl (C=O) groups excluding carboxylic acids is 3. The topological polar surface area (TPSA) is 94.2 Å². The van der Waals surface area contributed by atoms with Gasteiger partial charge in [0.1, 0.15) is 5.41 Å². The van der Waals surface area contributed by atoms with Crippen LogP contribution in [0.25, 0.3) is 0 Å². The molecule has 2 amide bonds. The first-order valence-corrected chi connectivity index (χ1v) is 12.1. The Morgan fingerprint density at radius 1 is 1.19 bits per heavy atom. The molecule has 2 aliphatic rings. The summed E-state index contributed by atoms with van der Waals surface area (Å²) in [5.41, 5.74) is 0.469. The molecule has 0 radical (unpaired) electrons. The lowest BCUT2D eigenvalue weighted by molar-refractivity contribution is -0.162. The van der Waals surface area contributed by atoms with Gasteiger partial charge in [0.05, 0.1) is 27.9 Å². The number of rotatable bonds is 9. The van der Waals surface area contributed by atoms with Gasteiger partial charge in [0.2, 0.25) is 11.8 Å². The molecule has 194 valence electrons. The predicted molar refractivity (Wildman–Crippen MR) is 135 cm³/mol. The van der Waals surface area contributed by atoms with Gasteiger partial charge in [-0.2, -0.15) is 0 Å². The predicted octanol–water partition coefficient (Wildman–Crippen LogP) is 3.10. The number of ether oxygens (including phenoxy) is 3. The zero-order chi connectivity index (χ0) is 26.5. The van der Waals surface area contributed by atoms with Gasteiger partial charge in [-0.15, -0.1) is 6.42 Å². The molecule has 3 rings (SSSR count). The SMILES string of the molecule is C#CCNC(=O)C[C@@H]1C[C@@]2(C(=O)OC)CC(C)(C)CC=C2N(CCc2ccc(OC)c(OC)c2)C1=O. The minimum Gasteiger partial charge on any atom is -0.493 e. The fourth-order valence-corrected chi connectivity index (χ4v) is 5.51. The van der Waals surface area contributed by atoms with Gasteiger partial charge in [-0.05, 0) is 48.8 Å². The number of fused-ring (bicyclic) bond motifs is 1. The molecule has 1 N–H and O–H groups in total. The molecular weight excluding hydrogens is 460 g/mol. The fraction of sp³-hybridized carbons (Fsp3) is 0.536. The van der Waals surface area contributed by atoms with Crippen LogP contribution in [0.1, 0.15) is 45.1 Å². The van der Waals surface area contributed by atoms with Crippen LogP contribution in [-0.2, 0) is 25.5 Å². The van der Waals surface area contributed by atoms with Crippen LogP contribution in [0.2, 0.25) is 0 Å². The van der Waals surface area contributed by atoms with Gasteiger partial charge in [-0.25, -0.2) is 0 Å². The number of esters is 1. The molecule has 1 heterocycles. The Morgan fingerprint density at radius 3 is 2.56 bits per heavy atom. The van der Waals surface area contributed by atoms with E-state index in [2.05, 4.69) is 25.1 Å². The van der Waals surface area contributed by atoms with Gasteiger partial charge in [0.15, 0.2) is 11.5 Å². The second kappa shape index (κ2) is 11.1. The number of amides is 2. The summed E-state index contributed by atoms with van der Waals surface area (Å²) in [5, 5.41) is 2.64. The van der Waals surface area contributed by atoms with Crippen LogP contribution in [-0.4, -0.2) is 57.1 Å². The van der Waals surface area contributed by atoms with Crippen molar-refractivity contribution in [3.63, 3.8) is 0 Å². The minimum absolute atomic E-state index is 0.0418. The fourth-order valence-electron chi connectivity index (χ4n) is 5.51. The Labute approximate surface area is 213 Å². The number of terminal acetylenes is 1. The van der Waals surface area contributed by atoms with Crippen molar-refractivity contribution in [1.82, 2.24) is 10.2 Å². The summed E-state index contributed by atoms with van der Waals surface area (Å²) in [6.07, 6.45) is 9.24. The largest absolute Gasteiger partial charge is 0.493 e. The van der Waals surface area contributed by atoms with E-state index in [0.29, 0.717) is 36.6 Å². The molecule has 1 fully saturated rings. The van der Waals surface area contributed by atoms with Crippen LogP contribution < -0.4 is 14.8 Å². The molecule has 1 aliphatic heterocycles. The number of nitrogens with zero attached hydrogens (tertiary/aromatic N) is 1. The highest BCUT2D eigenvalue weighted by Crippen LogP contribution is 2.54. The second-order valence-corrected chi connectivity index (χ2v) is 10.2. The van der Waals surface area contributed by atoms with Crippen LogP contribution in [0.3, 0.4) is 0 Å². The Bertz CT molecular complexity index is 1090. The summed E-state index contributed by atoms with van der Waals surface area (Å²) < 4.78 is 16.0. The second-order valence-electron chi connectivity index (χ2n) is 10.2. The van der Waals surface area contributed by atoms with Gasteiger partial charge in [0, 0.05) is 24.6 Å². The molecule has 0 aromatic heterocycles. The first-order chi connectivity index (χ1) is 17.1. The van der Waals surface area contributed by atoms with Crippen molar-refractivity contribution in [3.05, 3.63) is 35.5 Å². The number of nitrogens with one attached hydrogen (secondary N) is 1. The number of carbonyl (C=O) groups is 3. The molecule has 36 heavy (non-hydrogen) atoms. The Kier molecular flexibility index (Phi) is 8.34. The lowest BCUT2D eigenvalue weighted by atomic mass is 9.59. The van der Waals surface area contributed by atoms with Gasteiger partial charge < -0.3 is 24.4 Å². The lowest BCUT2D eigenvalue weighted by Crippen LogP contribution is -2.56. The molecule has 1 aliphatic carbocycles. The number of piperidine rings is 1. The summed E-state index contributed by atoms with van der Waals surface area (Å²) >= 11 is 0. The normalized spacial score (nSPS) is 22.6. The average molecular weight is 497 g/mol. The highest BCUT2D eigenvalue weighted by Gasteiger charge is 2.57. The summed E-state index contributed by atoms with van der Waals surface area (Å²) in [6.45, 7) is 4.64. The van der Waals surface area contributed by atoms with Crippen molar-refractivity contribution >= 4 is 17.8 Å². The van der Waals surface area contributed by atoms with Gasteiger partial charge in [0.25, 0.3) is 0 Å². The first-order valence-electron chi connectivity index (χ1n) is 12.1. The quantitative estimate of drug-likeness (QED) is 0.417. The number of hydrogen-bond acceptors (Lipinski definition) is 6. The van der Waals surface area contributed by atoms with Gasteiger partial charge >= 0.3 is 5.97 Å². The van der Waals surface area contributed by atoms with E-state index in [1.54, 1.807) is 19.1 Å². The zero-order valence-corrected chi connectivity index (χ0v) is 21.8. The van der Waals surface area contributed by atoms with Crippen molar-refractivity contribution in [2.45, 2.75) is 46.0 Å². The average Bonchev–Trinajstić information content (AvgIpc) is 2.86. The van der Waals surface area contributed by atoms with E-state index >= 15 is 0 Å². The third-order valence-corrected chi connectivity index (χ3v) is 7.09. The standard InChI is InChI=1S/C28H36N2O6/c1-7-13-29-24(31)16-20-17-28(26(33)36-6)18-27(2,3)12-10-23(28)30(25(20)32)14-11-19-8-9-21(34-4)22(15-19)35-5/h1,8-10,15,20H,11-14,16-18H2,2-6H3,(H,29,31)/t20-,28-/m1/s1. The summed E-state index contributed by atoms with van der Waals surface area (Å²) in [6, 6.07) is 5.63. The lowest BCUT2D eigenvalue weighted by Gasteiger charge is -2.51. The van der Waals surface area contributed by atoms with Gasteiger partial charge in [-0.1, -0.05) is 31.9 Å².